The fourth-order valence-electron chi connectivity index (χ4n) is 3.03. The lowest BCUT2D eigenvalue weighted by atomic mass is 10.2. The first-order chi connectivity index (χ1) is 11.5. The summed E-state index contributed by atoms with van der Waals surface area (Å²) in [7, 11) is 1.87. The van der Waals surface area contributed by atoms with Crippen molar-refractivity contribution < 1.29 is 4.39 Å². The van der Waals surface area contributed by atoms with Crippen LogP contribution < -0.4 is 5.32 Å². The van der Waals surface area contributed by atoms with E-state index in [2.05, 4.69) is 25.3 Å². The van der Waals surface area contributed by atoms with Gasteiger partial charge < -0.3 is 5.32 Å². The smallest absolute Gasteiger partial charge is 0.224 e. The Bertz CT molecular complexity index is 751. The van der Waals surface area contributed by atoms with Gasteiger partial charge in [0.15, 0.2) is 0 Å². The minimum atomic E-state index is -0.832. The van der Waals surface area contributed by atoms with Gasteiger partial charge in [0.1, 0.15) is 17.9 Å². The molecule has 1 saturated heterocycles. The third-order valence-electron chi connectivity index (χ3n) is 4.09. The average Bonchev–Trinajstić information content (AvgIpc) is 3.10. The van der Waals surface area contributed by atoms with E-state index in [0.29, 0.717) is 37.7 Å². The summed E-state index contributed by atoms with van der Waals surface area (Å²) in [6.07, 6.45) is 3.39. The Morgan fingerprint density at radius 2 is 2.29 bits per heavy atom. The minimum Gasteiger partial charge on any atom is -0.353 e. The van der Waals surface area contributed by atoms with Crippen molar-refractivity contribution in [3.8, 4) is 6.07 Å². The second kappa shape index (κ2) is 6.93. The molecule has 3 rings (SSSR count). The predicted molar refractivity (Wildman–Crippen MR) is 86.9 cm³/mol. The Morgan fingerprint density at radius 3 is 3.00 bits per heavy atom. The van der Waals surface area contributed by atoms with E-state index in [4.69, 9.17) is 5.26 Å². The van der Waals surface area contributed by atoms with Crippen LogP contribution in [0.5, 0.6) is 0 Å². The average molecular weight is 329 g/mol. The van der Waals surface area contributed by atoms with E-state index < -0.39 is 6.17 Å². The van der Waals surface area contributed by atoms with E-state index in [-0.39, 0.29) is 6.04 Å². The highest BCUT2D eigenvalue weighted by molar-refractivity contribution is 5.33. The standard InChI is InChI=1S/C16H20FN7/c1-11-3-14(5-18)22-16(21-11)19-7-15-4-13(17)10-24(15)9-12-6-20-23(2)8-12/h3,6,8,13,15H,4,7,9-10H2,1-2H3,(H,19,21,22)/t13-,15-/m0/s1. The van der Waals surface area contributed by atoms with E-state index in [1.54, 1.807) is 16.9 Å². The maximum Gasteiger partial charge on any atom is 0.224 e. The van der Waals surface area contributed by atoms with Crippen LogP contribution in [0.15, 0.2) is 18.5 Å². The summed E-state index contributed by atoms with van der Waals surface area (Å²) in [4.78, 5) is 10.5. The van der Waals surface area contributed by atoms with Crippen LogP contribution in [0.25, 0.3) is 0 Å². The van der Waals surface area contributed by atoms with Crippen molar-refractivity contribution >= 4 is 5.95 Å². The molecule has 0 aliphatic carbocycles. The van der Waals surface area contributed by atoms with Crippen LogP contribution in [0, 0.1) is 18.3 Å². The number of aryl methyl sites for hydroxylation is 2. The Kier molecular flexibility index (Phi) is 4.71. The molecule has 1 aliphatic heterocycles. The first-order valence-corrected chi connectivity index (χ1v) is 7.89. The van der Waals surface area contributed by atoms with Crippen LogP contribution in [-0.2, 0) is 13.6 Å². The number of nitrogens with zero attached hydrogens (tertiary/aromatic N) is 6. The van der Waals surface area contributed by atoms with Crippen LogP contribution in [0.1, 0.15) is 23.4 Å². The fourth-order valence-corrected chi connectivity index (χ4v) is 3.03. The zero-order valence-electron chi connectivity index (χ0n) is 13.8. The van der Waals surface area contributed by atoms with Crippen molar-refractivity contribution in [2.45, 2.75) is 32.1 Å². The van der Waals surface area contributed by atoms with Crippen molar-refractivity contribution in [3.05, 3.63) is 35.4 Å². The molecule has 8 heteroatoms. The molecule has 126 valence electrons. The Morgan fingerprint density at radius 1 is 1.46 bits per heavy atom. The molecule has 0 saturated carbocycles. The lowest BCUT2D eigenvalue weighted by Gasteiger charge is -2.23. The van der Waals surface area contributed by atoms with E-state index in [0.717, 1.165) is 11.3 Å². The van der Waals surface area contributed by atoms with Gasteiger partial charge in [-0.15, -0.1) is 0 Å². The molecule has 3 heterocycles. The van der Waals surface area contributed by atoms with Gasteiger partial charge in [-0.2, -0.15) is 10.4 Å². The topological polar surface area (TPSA) is 82.7 Å². The van der Waals surface area contributed by atoms with Crippen molar-refractivity contribution in [1.29, 1.82) is 5.26 Å². The summed E-state index contributed by atoms with van der Waals surface area (Å²) in [5.74, 6) is 0.412. The number of aromatic nitrogens is 4. The van der Waals surface area contributed by atoms with Crippen LogP contribution in [0.3, 0.4) is 0 Å². The number of nitriles is 1. The quantitative estimate of drug-likeness (QED) is 0.893. The molecule has 1 fully saturated rings. The van der Waals surface area contributed by atoms with Gasteiger partial charge in [-0.25, -0.2) is 14.4 Å². The zero-order valence-corrected chi connectivity index (χ0v) is 13.8. The first-order valence-electron chi connectivity index (χ1n) is 7.89. The highest BCUT2D eigenvalue weighted by Crippen LogP contribution is 2.23. The molecular weight excluding hydrogens is 309 g/mol. The molecule has 0 aromatic carbocycles. The summed E-state index contributed by atoms with van der Waals surface area (Å²) >= 11 is 0. The van der Waals surface area contributed by atoms with Crippen molar-refractivity contribution in [3.63, 3.8) is 0 Å². The third-order valence-corrected chi connectivity index (χ3v) is 4.09. The van der Waals surface area contributed by atoms with Crippen molar-refractivity contribution in [2.24, 2.45) is 7.05 Å². The number of anilines is 1. The van der Waals surface area contributed by atoms with Gasteiger partial charge in [0.2, 0.25) is 5.95 Å². The van der Waals surface area contributed by atoms with Crippen LogP contribution in [0.2, 0.25) is 0 Å². The second-order valence-corrected chi connectivity index (χ2v) is 6.15. The van der Waals surface area contributed by atoms with E-state index in [9.17, 15) is 4.39 Å². The fraction of sp³-hybridized carbons (Fsp3) is 0.500. The number of rotatable bonds is 5. The predicted octanol–water partition coefficient (Wildman–Crippen LogP) is 1.41. The minimum absolute atomic E-state index is 0.0508. The number of likely N-dealkylation sites (tertiary alicyclic amines) is 1. The highest BCUT2D eigenvalue weighted by Gasteiger charge is 2.32. The molecule has 1 N–H and O–H groups in total. The summed E-state index contributed by atoms with van der Waals surface area (Å²) in [6, 6.07) is 3.70. The Labute approximate surface area is 140 Å². The van der Waals surface area contributed by atoms with E-state index in [1.165, 1.54) is 0 Å². The highest BCUT2D eigenvalue weighted by atomic mass is 19.1. The van der Waals surface area contributed by atoms with E-state index in [1.807, 2.05) is 26.2 Å². The molecule has 0 unspecified atom stereocenters. The molecule has 2 atom stereocenters. The lowest BCUT2D eigenvalue weighted by Crippen LogP contribution is -2.34. The van der Waals surface area contributed by atoms with Gasteiger partial charge in [-0.05, 0) is 19.4 Å². The molecular formula is C16H20FN7. The molecule has 2 aromatic rings. The van der Waals surface area contributed by atoms with Gasteiger partial charge >= 0.3 is 0 Å². The number of nitrogens with one attached hydrogen (secondary N) is 1. The molecule has 24 heavy (non-hydrogen) atoms. The molecule has 0 bridgehead atoms. The van der Waals surface area contributed by atoms with Crippen LogP contribution >= 0.6 is 0 Å². The van der Waals surface area contributed by atoms with Crippen LogP contribution in [-0.4, -0.2) is 50.0 Å². The summed E-state index contributed by atoms with van der Waals surface area (Å²) in [5, 5.41) is 16.3. The number of alkyl halides is 1. The van der Waals surface area contributed by atoms with Gasteiger partial charge in [0.25, 0.3) is 0 Å². The second-order valence-electron chi connectivity index (χ2n) is 6.15. The molecule has 0 amide bonds. The summed E-state index contributed by atoms with van der Waals surface area (Å²) in [5.41, 5.74) is 2.12. The largest absolute Gasteiger partial charge is 0.353 e. The van der Waals surface area contributed by atoms with E-state index >= 15 is 0 Å². The lowest BCUT2D eigenvalue weighted by molar-refractivity contribution is 0.241. The molecule has 0 spiro atoms. The Hall–Kier alpha value is -2.53. The zero-order chi connectivity index (χ0) is 17.1. The molecule has 1 aliphatic rings. The van der Waals surface area contributed by atoms with Gasteiger partial charge in [-0.3, -0.25) is 9.58 Å². The molecule has 2 aromatic heterocycles. The van der Waals surface area contributed by atoms with Gasteiger partial charge in [0, 0.05) is 50.2 Å². The first kappa shape index (κ1) is 16.3. The summed E-state index contributed by atoms with van der Waals surface area (Å²) in [6.45, 7) is 3.43. The van der Waals surface area contributed by atoms with Crippen molar-refractivity contribution in [2.75, 3.05) is 18.4 Å². The number of hydrogen-bond acceptors (Lipinski definition) is 6. The molecule has 0 radical (unpaired) electrons. The van der Waals surface area contributed by atoms with Crippen LogP contribution in [0.4, 0.5) is 10.3 Å². The molecule has 7 nitrogen and oxygen atoms in total. The van der Waals surface area contributed by atoms with Gasteiger partial charge in [-0.1, -0.05) is 0 Å². The number of halogens is 1. The maximum absolute atomic E-state index is 13.9. The summed E-state index contributed by atoms with van der Waals surface area (Å²) < 4.78 is 15.6. The Balaban J connectivity index is 1.64. The third kappa shape index (κ3) is 3.86. The maximum atomic E-state index is 13.9. The monoisotopic (exact) mass is 329 g/mol. The van der Waals surface area contributed by atoms with Crippen molar-refractivity contribution in [1.82, 2.24) is 24.6 Å². The van der Waals surface area contributed by atoms with Gasteiger partial charge in [0.05, 0.1) is 6.20 Å². The number of hydrogen-bond donors (Lipinski definition) is 1. The SMILES string of the molecule is Cc1cc(C#N)nc(NC[C@@H]2C[C@H](F)CN2Cc2cnn(C)c2)n1. The normalized spacial score (nSPS) is 20.9.